The molecule has 0 saturated heterocycles. The Hall–Kier alpha value is -3.61. The summed E-state index contributed by atoms with van der Waals surface area (Å²) in [4.78, 5) is 3.50. The highest BCUT2D eigenvalue weighted by atomic mass is 35.5. The van der Waals surface area contributed by atoms with Gasteiger partial charge in [-0.1, -0.05) is 60.1 Å². The van der Waals surface area contributed by atoms with E-state index in [0.717, 1.165) is 33.1 Å². The first kappa shape index (κ1) is 22.8. The van der Waals surface area contributed by atoms with E-state index in [1.165, 1.54) is 0 Å². The summed E-state index contributed by atoms with van der Waals surface area (Å²) < 4.78 is 11.4. The van der Waals surface area contributed by atoms with Crippen LogP contribution in [-0.4, -0.2) is 30.8 Å². The molecule has 7 heteroatoms. The van der Waals surface area contributed by atoms with Gasteiger partial charge in [-0.3, -0.25) is 0 Å². The molecule has 0 amide bonds. The smallest absolute Gasteiger partial charge is 0.189 e. The lowest BCUT2D eigenvalue weighted by molar-refractivity contribution is 0.257. The molecule has 1 atom stereocenters. The maximum absolute atomic E-state index is 6.24. The molecular weight excluding hydrogens is 490 g/mol. The van der Waals surface area contributed by atoms with Crippen LogP contribution in [-0.2, 0) is 5.66 Å². The summed E-state index contributed by atoms with van der Waals surface area (Å²) in [7, 11) is 3.34. The van der Waals surface area contributed by atoms with E-state index in [-0.39, 0.29) is 0 Å². The predicted octanol–water partition coefficient (Wildman–Crippen LogP) is 6.81. The van der Waals surface area contributed by atoms with Gasteiger partial charge in [0.2, 0.25) is 0 Å². The van der Waals surface area contributed by atoms with Crippen LogP contribution >= 0.6 is 23.4 Å². The average molecular weight is 514 g/mol. The van der Waals surface area contributed by atoms with Gasteiger partial charge in [-0.15, -0.1) is 11.8 Å². The number of benzene rings is 4. The van der Waals surface area contributed by atoms with Crippen LogP contribution in [0.5, 0.6) is 11.5 Å². The molecule has 0 saturated carbocycles. The van der Waals surface area contributed by atoms with Crippen molar-refractivity contribution in [3.63, 3.8) is 0 Å². The van der Waals surface area contributed by atoms with Crippen molar-refractivity contribution in [2.24, 2.45) is 5.10 Å². The quantitative estimate of drug-likeness (QED) is 0.293. The first-order valence-corrected chi connectivity index (χ1v) is 13.0. The number of ether oxygens (including phenoxy) is 2. The molecule has 2 heterocycles. The molecule has 0 aromatic heterocycles. The molecule has 0 bridgehead atoms. The van der Waals surface area contributed by atoms with E-state index in [2.05, 4.69) is 58.4 Å². The zero-order valence-corrected chi connectivity index (χ0v) is 21.5. The SMILES string of the molecule is COc1cc2c(cc1OC)C1(c3ccccc3)N(CS2)C(c2ccc(Cl)cc2)=NN1c1ccccc1. The fraction of sp³-hybridized carbons (Fsp3) is 0.138. The van der Waals surface area contributed by atoms with Crippen molar-refractivity contribution in [3.8, 4) is 11.5 Å². The van der Waals surface area contributed by atoms with Crippen LogP contribution in [0.15, 0.2) is 107 Å². The Balaban J connectivity index is 1.68. The standard InChI is InChI=1S/C29H24ClN3O2S/c1-34-25-17-24-27(18-26(25)35-2)36-19-32-28(20-13-15-22(30)16-14-20)31-33(23-11-7-4-8-12-23)29(24,32)21-9-5-3-6-10-21/h3-18H,19H2,1-2H3. The largest absolute Gasteiger partial charge is 0.493 e. The van der Waals surface area contributed by atoms with Crippen LogP contribution in [0, 0.1) is 0 Å². The van der Waals surface area contributed by atoms with Crippen LogP contribution in [0.3, 0.4) is 0 Å². The second-order valence-corrected chi connectivity index (χ2v) is 9.94. The third kappa shape index (κ3) is 3.44. The van der Waals surface area contributed by atoms with Gasteiger partial charge in [-0.25, -0.2) is 5.01 Å². The fourth-order valence-electron chi connectivity index (χ4n) is 5.02. The Morgan fingerprint density at radius 3 is 2.14 bits per heavy atom. The second-order valence-electron chi connectivity index (χ2n) is 8.52. The van der Waals surface area contributed by atoms with Crippen molar-refractivity contribution in [2.45, 2.75) is 10.6 Å². The van der Waals surface area contributed by atoms with Crippen LogP contribution in [0.2, 0.25) is 5.02 Å². The number of hydrogen-bond donors (Lipinski definition) is 0. The number of anilines is 1. The molecular formula is C29H24ClN3O2S. The predicted molar refractivity (Wildman–Crippen MR) is 146 cm³/mol. The van der Waals surface area contributed by atoms with Crippen molar-refractivity contribution in [3.05, 3.63) is 119 Å². The van der Waals surface area contributed by atoms with Crippen molar-refractivity contribution in [2.75, 3.05) is 25.1 Å². The van der Waals surface area contributed by atoms with E-state index < -0.39 is 5.66 Å². The molecule has 2 aliphatic heterocycles. The summed E-state index contributed by atoms with van der Waals surface area (Å²) >= 11 is 8.00. The van der Waals surface area contributed by atoms with Crippen molar-refractivity contribution in [1.29, 1.82) is 0 Å². The number of nitrogens with zero attached hydrogens (tertiary/aromatic N) is 3. The Labute approximate surface area is 219 Å². The van der Waals surface area contributed by atoms with E-state index in [4.69, 9.17) is 26.2 Å². The number of fused-ring (bicyclic) bond motifs is 3. The van der Waals surface area contributed by atoms with Crippen molar-refractivity contribution >= 4 is 34.9 Å². The van der Waals surface area contributed by atoms with E-state index in [9.17, 15) is 0 Å². The van der Waals surface area contributed by atoms with Gasteiger partial charge in [0.25, 0.3) is 0 Å². The second kappa shape index (κ2) is 9.12. The van der Waals surface area contributed by atoms with Gasteiger partial charge in [-0.2, -0.15) is 5.10 Å². The molecule has 4 aromatic rings. The number of hydrogen-bond acceptors (Lipinski definition) is 6. The molecule has 1 unspecified atom stereocenters. The van der Waals surface area contributed by atoms with Crippen molar-refractivity contribution in [1.82, 2.24) is 4.90 Å². The van der Waals surface area contributed by atoms with Gasteiger partial charge in [0.1, 0.15) is 0 Å². The maximum Gasteiger partial charge on any atom is 0.189 e. The third-order valence-corrected chi connectivity index (χ3v) is 7.93. The Morgan fingerprint density at radius 2 is 1.47 bits per heavy atom. The monoisotopic (exact) mass is 513 g/mol. The van der Waals surface area contributed by atoms with Gasteiger partial charge in [0.05, 0.1) is 25.8 Å². The summed E-state index contributed by atoms with van der Waals surface area (Å²) in [6.45, 7) is 0. The Kier molecular flexibility index (Phi) is 5.78. The highest BCUT2D eigenvalue weighted by molar-refractivity contribution is 7.99. The van der Waals surface area contributed by atoms with E-state index in [1.807, 2.05) is 48.5 Å². The van der Waals surface area contributed by atoms with Crippen LogP contribution in [0.1, 0.15) is 16.7 Å². The summed E-state index contributed by atoms with van der Waals surface area (Å²) in [6, 6.07) is 32.9. The lowest BCUT2D eigenvalue weighted by Crippen LogP contribution is -2.56. The van der Waals surface area contributed by atoms with Gasteiger partial charge in [-0.05, 0) is 48.5 Å². The minimum atomic E-state index is -0.738. The molecule has 36 heavy (non-hydrogen) atoms. The minimum Gasteiger partial charge on any atom is -0.493 e. The zero-order valence-electron chi connectivity index (χ0n) is 19.9. The molecule has 4 aromatic carbocycles. The Bertz CT molecular complexity index is 1430. The van der Waals surface area contributed by atoms with Gasteiger partial charge >= 0.3 is 0 Å². The summed E-state index contributed by atoms with van der Waals surface area (Å²) in [5, 5.41) is 8.13. The number of rotatable bonds is 5. The molecule has 180 valence electrons. The first-order chi connectivity index (χ1) is 17.7. The summed E-state index contributed by atoms with van der Waals surface area (Å²) in [5.41, 5.74) is 3.44. The van der Waals surface area contributed by atoms with Crippen LogP contribution in [0.25, 0.3) is 0 Å². The number of hydrazone groups is 1. The van der Waals surface area contributed by atoms with E-state index >= 15 is 0 Å². The van der Waals surface area contributed by atoms with Crippen molar-refractivity contribution < 1.29 is 9.47 Å². The topological polar surface area (TPSA) is 37.3 Å². The maximum atomic E-state index is 6.24. The molecule has 2 aliphatic rings. The van der Waals surface area contributed by atoms with Gasteiger partial charge in [0.15, 0.2) is 23.0 Å². The summed E-state index contributed by atoms with van der Waals surface area (Å²) in [5.74, 6) is 2.97. The Morgan fingerprint density at radius 1 is 0.833 bits per heavy atom. The molecule has 0 N–H and O–H groups in total. The van der Waals surface area contributed by atoms with Gasteiger partial charge in [0, 0.05) is 26.6 Å². The number of thioether (sulfide) groups is 1. The molecule has 5 nitrogen and oxygen atoms in total. The number of halogens is 1. The zero-order chi connectivity index (χ0) is 24.7. The fourth-order valence-corrected chi connectivity index (χ4v) is 6.27. The van der Waals surface area contributed by atoms with Crippen LogP contribution in [0.4, 0.5) is 5.69 Å². The molecule has 0 fully saturated rings. The highest BCUT2D eigenvalue weighted by Crippen LogP contribution is 2.55. The first-order valence-electron chi connectivity index (χ1n) is 11.6. The van der Waals surface area contributed by atoms with Crippen LogP contribution < -0.4 is 14.5 Å². The number of amidine groups is 1. The third-order valence-electron chi connectivity index (χ3n) is 6.64. The number of methoxy groups -OCH3 is 2. The lowest BCUT2D eigenvalue weighted by atomic mass is 9.87. The molecule has 0 radical (unpaired) electrons. The van der Waals surface area contributed by atoms with E-state index in [0.29, 0.717) is 22.4 Å². The lowest BCUT2D eigenvalue weighted by Gasteiger charge is -2.48. The van der Waals surface area contributed by atoms with E-state index in [1.54, 1.807) is 26.0 Å². The summed E-state index contributed by atoms with van der Waals surface area (Å²) in [6.07, 6.45) is 0. The molecule has 6 rings (SSSR count). The molecule has 0 spiro atoms. The van der Waals surface area contributed by atoms with Gasteiger partial charge < -0.3 is 14.4 Å². The normalized spacial score (nSPS) is 18.4. The minimum absolute atomic E-state index is 0.682. The molecule has 0 aliphatic carbocycles. The highest BCUT2D eigenvalue weighted by Gasteiger charge is 2.55. The average Bonchev–Trinajstić information content (AvgIpc) is 3.30. The number of para-hydroxylation sites is 1.